The lowest BCUT2D eigenvalue weighted by molar-refractivity contribution is -0.321. The van der Waals surface area contributed by atoms with Gasteiger partial charge in [-0.25, -0.2) is 9.59 Å². The monoisotopic (exact) mass is 987 g/mol. The Morgan fingerprint density at radius 2 is 1.27 bits per heavy atom. The van der Waals surface area contributed by atoms with Gasteiger partial charge in [-0.3, -0.25) is 4.79 Å². The Labute approximate surface area is 413 Å². The van der Waals surface area contributed by atoms with E-state index in [1.54, 1.807) is 30.3 Å². The van der Waals surface area contributed by atoms with Crippen LogP contribution in [0, 0.1) is 0 Å². The Balaban J connectivity index is 1.19. The topological polar surface area (TPSA) is 183 Å². The smallest absolute Gasteiger partial charge is 0.338 e. The molecule has 2 aliphatic heterocycles. The van der Waals surface area contributed by atoms with Gasteiger partial charge in [0.15, 0.2) is 24.6 Å². The Kier molecular flexibility index (Phi) is 17.9. The van der Waals surface area contributed by atoms with E-state index in [4.69, 9.17) is 54.2 Å². The lowest BCUT2D eigenvalue weighted by atomic mass is 9.95. The van der Waals surface area contributed by atoms with E-state index in [1.165, 1.54) is 18.9 Å². The minimum atomic E-state index is -1.58. The molecule has 10 atom stereocenters. The molecule has 15 nitrogen and oxygen atoms in total. The molecule has 0 bridgehead atoms. The minimum absolute atomic E-state index is 0.0225. The average Bonchev–Trinajstić information content (AvgIpc) is 3.40. The molecule has 0 radical (unpaired) electrons. The summed E-state index contributed by atoms with van der Waals surface area (Å²) in [4.78, 5) is 45.2. The fourth-order valence-corrected chi connectivity index (χ4v) is 9.39. The molecular formula is C53H50ClN3O12S. The molecule has 2 aliphatic rings. The Hall–Kier alpha value is -6.30. The van der Waals surface area contributed by atoms with Gasteiger partial charge in [0, 0.05) is 9.81 Å². The van der Waals surface area contributed by atoms with Crippen molar-refractivity contribution in [1.29, 1.82) is 0 Å². The standard InChI is InChI=1S/C53H50ClN3O12S/c1-61-51(60)48-47(46(64-32-35-18-8-3-9-19-35)49(67-50(59)38-21-10-4-11-22-38)53(69-48)70-40-24-12-5-13-25-40)68-52-43(56-57-55)45(63-31-34-16-6-2-7-17-34)44(66-42(58)29-54)41(65-52)33-62-30-36-26-27-37-20-14-15-23-39(37)28-36/h2-28,41,43-49,52-53H,29-33H2,1H3/t41-,43-,44-,45-,46+,47+,48+,49-,52-,53-/m1/s1. The number of azide groups is 1. The molecule has 0 N–H and O–H groups in total. The number of halogens is 1. The van der Waals surface area contributed by atoms with Gasteiger partial charge in [-0.05, 0) is 63.3 Å². The quantitative estimate of drug-likeness (QED) is 0.0176. The van der Waals surface area contributed by atoms with E-state index < -0.39 is 84.3 Å². The van der Waals surface area contributed by atoms with E-state index in [0.717, 1.165) is 32.4 Å². The molecule has 2 fully saturated rings. The van der Waals surface area contributed by atoms with Crippen molar-refractivity contribution in [3.63, 3.8) is 0 Å². The second kappa shape index (κ2) is 25.0. The number of nitrogens with zero attached hydrogens (tertiary/aromatic N) is 3. The molecule has 6 aromatic rings. The third-order valence-electron chi connectivity index (χ3n) is 11.6. The summed E-state index contributed by atoms with van der Waals surface area (Å²) in [6.07, 6.45) is -10.9. The Bertz CT molecular complexity index is 2690. The number of methoxy groups -OCH3 is 1. The number of rotatable bonds is 20. The summed E-state index contributed by atoms with van der Waals surface area (Å²) in [5.41, 5.74) is 11.7. The number of thioether (sulfide) groups is 1. The minimum Gasteiger partial charge on any atom is -0.467 e. The molecule has 70 heavy (non-hydrogen) atoms. The number of ether oxygens (including phenoxy) is 9. The summed E-state index contributed by atoms with van der Waals surface area (Å²) in [5, 5.41) is 6.21. The highest BCUT2D eigenvalue weighted by Gasteiger charge is 2.57. The average molecular weight is 989 g/mol. The van der Waals surface area contributed by atoms with Gasteiger partial charge in [-0.1, -0.05) is 150 Å². The highest BCUT2D eigenvalue weighted by Crippen LogP contribution is 2.40. The molecule has 6 aromatic carbocycles. The van der Waals surface area contributed by atoms with E-state index in [9.17, 15) is 19.9 Å². The summed E-state index contributed by atoms with van der Waals surface area (Å²) in [6, 6.07) is 48.6. The van der Waals surface area contributed by atoms with Crippen LogP contribution in [-0.4, -0.2) is 98.0 Å². The van der Waals surface area contributed by atoms with E-state index in [2.05, 4.69) is 10.0 Å². The summed E-state index contributed by atoms with van der Waals surface area (Å²) < 4.78 is 57.5. The first-order chi connectivity index (χ1) is 34.3. The fourth-order valence-electron chi connectivity index (χ4n) is 8.22. The van der Waals surface area contributed by atoms with Crippen molar-refractivity contribution in [1.82, 2.24) is 0 Å². The third kappa shape index (κ3) is 12.9. The maximum Gasteiger partial charge on any atom is 0.338 e. The van der Waals surface area contributed by atoms with Gasteiger partial charge in [0.25, 0.3) is 0 Å². The molecule has 17 heteroatoms. The van der Waals surface area contributed by atoms with Crippen molar-refractivity contribution in [3.8, 4) is 0 Å². The molecule has 0 aromatic heterocycles. The van der Waals surface area contributed by atoms with Crippen LogP contribution in [0.2, 0.25) is 0 Å². The first-order valence-electron chi connectivity index (χ1n) is 22.5. The fraction of sp³-hybridized carbons (Fsp3) is 0.302. The lowest BCUT2D eigenvalue weighted by Gasteiger charge is -2.48. The number of hydrogen-bond donors (Lipinski definition) is 0. The van der Waals surface area contributed by atoms with Crippen molar-refractivity contribution < 1.29 is 57.0 Å². The molecule has 2 saturated heterocycles. The van der Waals surface area contributed by atoms with E-state index in [-0.39, 0.29) is 32.0 Å². The molecule has 8 rings (SSSR count). The molecule has 0 unspecified atom stereocenters. The van der Waals surface area contributed by atoms with Crippen LogP contribution in [-0.2, 0) is 72.0 Å². The van der Waals surface area contributed by atoms with Crippen LogP contribution in [0.5, 0.6) is 0 Å². The molecule has 0 saturated carbocycles. The number of benzene rings is 6. The van der Waals surface area contributed by atoms with Gasteiger partial charge in [-0.15, -0.1) is 11.6 Å². The highest BCUT2D eigenvalue weighted by molar-refractivity contribution is 7.99. The SMILES string of the molecule is COC(=O)[C@H]1O[C@H](Sc2ccccc2)[C@H](OC(=O)c2ccccc2)[C@@H](OCc2ccccc2)[C@@H]1O[C@H]1O[C@H](COCc2ccc3ccccc3c2)[C@@H](OC(=O)CCl)[C@H](OCc2ccccc2)[C@H]1N=[N+]=[N-]. The highest BCUT2D eigenvalue weighted by atomic mass is 35.5. The van der Waals surface area contributed by atoms with Gasteiger partial charge in [0.1, 0.15) is 41.8 Å². The first-order valence-corrected chi connectivity index (χ1v) is 23.9. The second-order valence-corrected chi connectivity index (χ2v) is 17.7. The van der Waals surface area contributed by atoms with E-state index in [1.807, 2.05) is 133 Å². The molecular weight excluding hydrogens is 938 g/mol. The van der Waals surface area contributed by atoms with Gasteiger partial charge < -0.3 is 42.6 Å². The lowest BCUT2D eigenvalue weighted by Crippen LogP contribution is -2.66. The van der Waals surface area contributed by atoms with Gasteiger partial charge in [0.2, 0.25) is 0 Å². The van der Waals surface area contributed by atoms with Crippen molar-refractivity contribution in [2.75, 3.05) is 19.6 Å². The largest absolute Gasteiger partial charge is 0.467 e. The van der Waals surface area contributed by atoms with E-state index >= 15 is 0 Å². The van der Waals surface area contributed by atoms with Crippen LogP contribution < -0.4 is 0 Å². The predicted molar refractivity (Wildman–Crippen MR) is 259 cm³/mol. The molecule has 0 amide bonds. The summed E-state index contributed by atoms with van der Waals surface area (Å²) in [5.74, 6) is -2.85. The zero-order valence-electron chi connectivity index (χ0n) is 37.9. The molecule has 362 valence electrons. The zero-order chi connectivity index (χ0) is 48.7. The van der Waals surface area contributed by atoms with Crippen LogP contribution in [0.25, 0.3) is 21.2 Å². The number of alkyl halides is 1. The van der Waals surface area contributed by atoms with Crippen molar-refractivity contribution in [3.05, 3.63) is 196 Å². The number of carbonyl (C=O) groups excluding carboxylic acids is 3. The van der Waals surface area contributed by atoms with Crippen LogP contribution in [0.1, 0.15) is 27.0 Å². The summed E-state index contributed by atoms with van der Waals surface area (Å²) >= 11 is 7.23. The number of carbonyl (C=O) groups is 3. The normalized spacial score (nSPS) is 24.2. The van der Waals surface area contributed by atoms with Crippen molar-refractivity contribution in [2.45, 2.75) is 85.2 Å². The maximum absolute atomic E-state index is 14.1. The van der Waals surface area contributed by atoms with Crippen LogP contribution in [0.3, 0.4) is 0 Å². The predicted octanol–water partition coefficient (Wildman–Crippen LogP) is 9.38. The maximum atomic E-state index is 14.1. The van der Waals surface area contributed by atoms with Gasteiger partial charge >= 0.3 is 17.9 Å². The van der Waals surface area contributed by atoms with Crippen molar-refractivity contribution >= 4 is 52.0 Å². The molecule has 0 aliphatic carbocycles. The van der Waals surface area contributed by atoms with Crippen molar-refractivity contribution in [2.24, 2.45) is 5.11 Å². The molecule has 2 heterocycles. The zero-order valence-corrected chi connectivity index (χ0v) is 39.5. The number of esters is 3. The Morgan fingerprint density at radius 3 is 1.91 bits per heavy atom. The summed E-state index contributed by atoms with van der Waals surface area (Å²) in [7, 11) is 1.20. The van der Waals surface area contributed by atoms with Crippen LogP contribution in [0.15, 0.2) is 174 Å². The third-order valence-corrected chi connectivity index (χ3v) is 13.0. The first kappa shape index (κ1) is 50.1. The van der Waals surface area contributed by atoms with Gasteiger partial charge in [-0.2, -0.15) is 0 Å². The second-order valence-electron chi connectivity index (χ2n) is 16.3. The molecule has 0 spiro atoms. The van der Waals surface area contributed by atoms with Crippen LogP contribution in [0.4, 0.5) is 0 Å². The number of fused-ring (bicyclic) bond motifs is 1. The van der Waals surface area contributed by atoms with Gasteiger partial charge in [0.05, 0.1) is 39.1 Å². The Morgan fingerprint density at radius 1 is 0.657 bits per heavy atom. The van der Waals surface area contributed by atoms with E-state index in [0.29, 0.717) is 0 Å². The van der Waals surface area contributed by atoms with Crippen LogP contribution >= 0.6 is 23.4 Å². The summed E-state index contributed by atoms with van der Waals surface area (Å²) in [6.45, 7) is -0.112. The number of hydrogen-bond acceptors (Lipinski definition) is 14.